The second kappa shape index (κ2) is 8.99. The summed E-state index contributed by atoms with van der Waals surface area (Å²) in [5, 5.41) is 37.6. The van der Waals surface area contributed by atoms with E-state index < -0.39 is 50.1 Å². The van der Waals surface area contributed by atoms with Crippen LogP contribution in [0.4, 0.5) is 22.7 Å². The third-order valence-corrected chi connectivity index (χ3v) is 5.75. The van der Waals surface area contributed by atoms with Crippen molar-refractivity contribution in [3.8, 4) is 0 Å². The first-order valence-electron chi connectivity index (χ1n) is 10.5. The molecule has 1 heterocycles. The van der Waals surface area contributed by atoms with Gasteiger partial charge in [-0.15, -0.1) is 5.06 Å². The minimum Gasteiger partial charge on any atom is -0.374 e. The van der Waals surface area contributed by atoms with Crippen LogP contribution in [0.3, 0.4) is 0 Å². The number of amides is 2. The fourth-order valence-electron chi connectivity index (χ4n) is 3.80. The first-order chi connectivity index (χ1) is 17.0. The van der Waals surface area contributed by atoms with Crippen LogP contribution in [0.15, 0.2) is 48.5 Å². The average Bonchev–Trinajstić information content (AvgIpc) is 2.84. The van der Waals surface area contributed by atoms with Crippen LogP contribution in [0.5, 0.6) is 0 Å². The Morgan fingerprint density at radius 2 is 1.50 bits per heavy atom. The van der Waals surface area contributed by atoms with Crippen LogP contribution in [-0.4, -0.2) is 43.8 Å². The van der Waals surface area contributed by atoms with Gasteiger partial charge in [0.25, 0.3) is 28.9 Å². The van der Waals surface area contributed by atoms with Gasteiger partial charge in [0.05, 0.1) is 38.0 Å². The van der Waals surface area contributed by atoms with Gasteiger partial charge >= 0.3 is 0 Å². The van der Waals surface area contributed by atoms with Gasteiger partial charge in [0.15, 0.2) is 0 Å². The summed E-state index contributed by atoms with van der Waals surface area (Å²) >= 11 is 0. The third-order valence-electron chi connectivity index (χ3n) is 5.75. The number of nitro benzene ring substituents is 3. The SMILES string of the molecule is CC(Nc1ccc([N+](=O)[O-])cc1[N+](=O)[O-])C(C)ON1C(=O)c2cccc3cc([N+](=O)[O-])cc(c23)C1=O. The van der Waals surface area contributed by atoms with E-state index in [0.717, 1.165) is 18.2 Å². The first kappa shape index (κ1) is 24.2. The van der Waals surface area contributed by atoms with Crippen LogP contribution in [0, 0.1) is 30.3 Å². The van der Waals surface area contributed by atoms with Gasteiger partial charge < -0.3 is 5.32 Å². The molecule has 4 rings (SSSR count). The molecule has 2 atom stereocenters. The highest BCUT2D eigenvalue weighted by Crippen LogP contribution is 2.34. The highest BCUT2D eigenvalue weighted by molar-refractivity contribution is 6.25. The van der Waals surface area contributed by atoms with E-state index in [1.807, 2.05) is 0 Å². The van der Waals surface area contributed by atoms with Crippen molar-refractivity contribution in [1.29, 1.82) is 0 Å². The monoisotopic (exact) mass is 495 g/mol. The van der Waals surface area contributed by atoms with Crippen LogP contribution in [0.1, 0.15) is 34.6 Å². The molecular formula is C22H17N5O9. The fraction of sp³-hybridized carbons (Fsp3) is 0.182. The predicted octanol–water partition coefficient (Wildman–Crippen LogP) is 3.98. The third kappa shape index (κ3) is 4.16. The average molecular weight is 495 g/mol. The number of non-ortho nitro benzene ring substituents is 2. The maximum Gasteiger partial charge on any atom is 0.299 e. The zero-order valence-corrected chi connectivity index (χ0v) is 18.7. The van der Waals surface area contributed by atoms with Crippen molar-refractivity contribution in [1.82, 2.24) is 5.06 Å². The zero-order chi connectivity index (χ0) is 26.3. The number of rotatable bonds is 8. The van der Waals surface area contributed by atoms with Gasteiger partial charge in [-0.05, 0) is 31.4 Å². The lowest BCUT2D eigenvalue weighted by Gasteiger charge is -2.30. The number of carbonyl (C=O) groups excluding carboxylic acids is 2. The van der Waals surface area contributed by atoms with Crippen molar-refractivity contribution in [3.63, 3.8) is 0 Å². The van der Waals surface area contributed by atoms with Gasteiger partial charge in [-0.1, -0.05) is 12.1 Å². The van der Waals surface area contributed by atoms with Crippen molar-refractivity contribution in [2.24, 2.45) is 0 Å². The van der Waals surface area contributed by atoms with Crippen molar-refractivity contribution in [2.75, 3.05) is 5.32 Å². The molecule has 14 nitrogen and oxygen atoms in total. The standard InChI is InChI=1S/C22H17N5O9/c1-11(23-18-7-6-14(25(30)31)10-19(18)27(34)35)12(2)36-24-21(28)16-5-3-4-13-8-15(26(32)33)9-17(20(13)16)22(24)29/h3-12,23H,1-2H3. The van der Waals surface area contributed by atoms with Crippen LogP contribution < -0.4 is 5.32 Å². The molecule has 0 saturated carbocycles. The molecule has 0 aliphatic carbocycles. The fourth-order valence-corrected chi connectivity index (χ4v) is 3.80. The Labute approximate surface area is 201 Å². The largest absolute Gasteiger partial charge is 0.374 e. The van der Waals surface area contributed by atoms with Gasteiger partial charge in [-0.3, -0.25) is 44.8 Å². The lowest BCUT2D eigenvalue weighted by Crippen LogP contribution is -2.45. The molecule has 36 heavy (non-hydrogen) atoms. The number of nitrogens with zero attached hydrogens (tertiary/aromatic N) is 4. The molecule has 0 bridgehead atoms. The predicted molar refractivity (Wildman–Crippen MR) is 124 cm³/mol. The van der Waals surface area contributed by atoms with E-state index in [1.54, 1.807) is 13.0 Å². The number of benzene rings is 3. The zero-order valence-electron chi connectivity index (χ0n) is 18.7. The molecule has 2 unspecified atom stereocenters. The molecule has 0 fully saturated rings. The molecular weight excluding hydrogens is 478 g/mol. The van der Waals surface area contributed by atoms with E-state index in [4.69, 9.17) is 4.84 Å². The summed E-state index contributed by atoms with van der Waals surface area (Å²) < 4.78 is 0. The Balaban J connectivity index is 1.61. The number of hydrogen-bond donors (Lipinski definition) is 1. The topological polar surface area (TPSA) is 188 Å². The Bertz CT molecular complexity index is 1470. The molecule has 3 aromatic rings. The second-order valence-corrected chi connectivity index (χ2v) is 8.02. The summed E-state index contributed by atoms with van der Waals surface area (Å²) in [6.45, 7) is 3.06. The van der Waals surface area contributed by atoms with E-state index in [-0.39, 0.29) is 27.9 Å². The number of nitro groups is 3. The number of nitrogens with one attached hydrogen (secondary N) is 1. The number of imide groups is 1. The van der Waals surface area contributed by atoms with Crippen molar-refractivity contribution >= 4 is 45.3 Å². The van der Waals surface area contributed by atoms with E-state index in [2.05, 4.69) is 5.32 Å². The summed E-state index contributed by atoms with van der Waals surface area (Å²) in [5.41, 5.74) is -1.32. The normalized spacial score (nSPS) is 14.4. The van der Waals surface area contributed by atoms with Crippen LogP contribution in [0.25, 0.3) is 10.8 Å². The van der Waals surface area contributed by atoms with Crippen molar-refractivity contribution in [3.05, 3.63) is 90.0 Å². The molecule has 0 saturated heterocycles. The lowest BCUT2D eigenvalue weighted by atomic mass is 9.94. The lowest BCUT2D eigenvalue weighted by molar-refractivity contribution is -0.393. The number of anilines is 1. The molecule has 1 N–H and O–H groups in total. The Kier molecular flexibility index (Phi) is 6.03. The van der Waals surface area contributed by atoms with Crippen LogP contribution in [0.2, 0.25) is 0 Å². The molecule has 14 heteroatoms. The maximum atomic E-state index is 13.1. The van der Waals surface area contributed by atoms with E-state index in [9.17, 15) is 39.9 Å². The van der Waals surface area contributed by atoms with Crippen molar-refractivity contribution in [2.45, 2.75) is 26.0 Å². The Morgan fingerprint density at radius 3 is 2.14 bits per heavy atom. The Hall–Kier alpha value is -4.98. The van der Waals surface area contributed by atoms with Gasteiger partial charge in [0.2, 0.25) is 0 Å². The molecule has 1 aliphatic rings. The second-order valence-electron chi connectivity index (χ2n) is 8.02. The van der Waals surface area contributed by atoms with Crippen LogP contribution >= 0.6 is 0 Å². The minimum absolute atomic E-state index is 0.0319. The molecule has 184 valence electrons. The molecule has 2 amide bonds. The molecule has 3 aromatic carbocycles. The number of carbonyl (C=O) groups is 2. The molecule has 0 aromatic heterocycles. The maximum absolute atomic E-state index is 13.1. The summed E-state index contributed by atoms with van der Waals surface area (Å²) in [5.74, 6) is -1.67. The Morgan fingerprint density at radius 1 is 0.833 bits per heavy atom. The quantitative estimate of drug-likeness (QED) is 0.272. The van der Waals surface area contributed by atoms with E-state index in [0.29, 0.717) is 10.4 Å². The minimum atomic E-state index is -0.924. The number of hydroxylamine groups is 2. The van der Waals surface area contributed by atoms with Gasteiger partial charge in [0, 0.05) is 23.6 Å². The van der Waals surface area contributed by atoms with Gasteiger partial charge in [-0.25, -0.2) is 0 Å². The number of hydrogen-bond acceptors (Lipinski definition) is 10. The van der Waals surface area contributed by atoms with Crippen LogP contribution in [-0.2, 0) is 4.84 Å². The molecule has 1 aliphatic heterocycles. The van der Waals surface area contributed by atoms with Crippen molar-refractivity contribution < 1.29 is 29.2 Å². The highest BCUT2D eigenvalue weighted by atomic mass is 16.7. The first-order valence-corrected chi connectivity index (χ1v) is 10.5. The summed E-state index contributed by atoms with van der Waals surface area (Å²) in [6.07, 6.45) is -0.924. The summed E-state index contributed by atoms with van der Waals surface area (Å²) in [7, 11) is 0. The summed E-state index contributed by atoms with van der Waals surface area (Å²) in [6, 6.07) is 9.24. The van der Waals surface area contributed by atoms with E-state index in [1.165, 1.54) is 31.2 Å². The molecule has 0 radical (unpaired) electrons. The summed E-state index contributed by atoms with van der Waals surface area (Å²) in [4.78, 5) is 63.3. The van der Waals surface area contributed by atoms with E-state index >= 15 is 0 Å². The van der Waals surface area contributed by atoms with Gasteiger partial charge in [0.1, 0.15) is 11.8 Å². The molecule has 0 spiro atoms. The highest BCUT2D eigenvalue weighted by Gasteiger charge is 2.37. The smallest absolute Gasteiger partial charge is 0.299 e. The van der Waals surface area contributed by atoms with Gasteiger partial charge in [-0.2, -0.15) is 0 Å².